The molecule has 0 radical (unpaired) electrons. The van der Waals surface area contributed by atoms with Gasteiger partial charge in [-0.3, -0.25) is 4.79 Å². The van der Waals surface area contributed by atoms with Crippen LogP contribution in [0.2, 0.25) is 5.02 Å². The number of ether oxygens (including phenoxy) is 1. The van der Waals surface area contributed by atoms with Crippen molar-refractivity contribution in [1.29, 1.82) is 0 Å². The van der Waals surface area contributed by atoms with Crippen LogP contribution in [0.4, 0.5) is 14.5 Å². The third-order valence-electron chi connectivity index (χ3n) is 4.39. The molecular formula is C19H17ClF2N2O5S. The summed E-state index contributed by atoms with van der Waals surface area (Å²) in [6, 6.07) is 6.42. The first kappa shape index (κ1) is 22.1. The molecule has 1 heterocycles. The van der Waals surface area contributed by atoms with E-state index in [0.29, 0.717) is 13.1 Å². The summed E-state index contributed by atoms with van der Waals surface area (Å²) in [6.07, 6.45) is 1.48. The second kappa shape index (κ2) is 9.07. The first-order valence-electron chi connectivity index (χ1n) is 8.90. The summed E-state index contributed by atoms with van der Waals surface area (Å²) < 4.78 is 57.7. The molecule has 1 fully saturated rings. The van der Waals surface area contributed by atoms with E-state index in [0.717, 1.165) is 37.1 Å². The van der Waals surface area contributed by atoms with Gasteiger partial charge in [0.25, 0.3) is 5.91 Å². The number of hydrogen-bond acceptors (Lipinski definition) is 5. The SMILES string of the molecule is O=C(COC(=O)c1ccc(Cl)c(S(=O)(=O)N2CCCC2)c1)Nc1ccc(F)c(F)c1. The molecule has 2 aromatic carbocycles. The Morgan fingerprint density at radius 3 is 2.43 bits per heavy atom. The molecule has 0 aromatic heterocycles. The summed E-state index contributed by atoms with van der Waals surface area (Å²) in [6.45, 7) is 0.0314. The molecule has 1 amide bonds. The summed E-state index contributed by atoms with van der Waals surface area (Å²) in [5.41, 5.74) is -0.113. The van der Waals surface area contributed by atoms with Crippen molar-refractivity contribution in [3.8, 4) is 0 Å². The quantitative estimate of drug-likeness (QED) is 0.671. The number of amides is 1. The smallest absolute Gasteiger partial charge is 0.338 e. The maximum Gasteiger partial charge on any atom is 0.338 e. The van der Waals surface area contributed by atoms with Crippen molar-refractivity contribution in [3.63, 3.8) is 0 Å². The highest BCUT2D eigenvalue weighted by atomic mass is 35.5. The predicted molar refractivity (Wildman–Crippen MR) is 105 cm³/mol. The van der Waals surface area contributed by atoms with Crippen LogP contribution in [-0.4, -0.2) is 44.3 Å². The Morgan fingerprint density at radius 2 is 1.77 bits per heavy atom. The Morgan fingerprint density at radius 1 is 1.07 bits per heavy atom. The Hall–Kier alpha value is -2.56. The van der Waals surface area contributed by atoms with Crippen LogP contribution < -0.4 is 5.32 Å². The molecule has 0 saturated carbocycles. The molecule has 30 heavy (non-hydrogen) atoms. The van der Waals surface area contributed by atoms with E-state index >= 15 is 0 Å². The van der Waals surface area contributed by atoms with E-state index in [-0.39, 0.29) is 21.2 Å². The van der Waals surface area contributed by atoms with Crippen LogP contribution in [0.25, 0.3) is 0 Å². The van der Waals surface area contributed by atoms with Gasteiger partial charge in [0.2, 0.25) is 10.0 Å². The van der Waals surface area contributed by atoms with Gasteiger partial charge in [-0.15, -0.1) is 0 Å². The molecule has 0 spiro atoms. The highest BCUT2D eigenvalue weighted by Crippen LogP contribution is 2.28. The van der Waals surface area contributed by atoms with Gasteiger partial charge in [-0.25, -0.2) is 22.0 Å². The average Bonchev–Trinajstić information content (AvgIpc) is 3.25. The minimum absolute atomic E-state index is 0.0135. The summed E-state index contributed by atoms with van der Waals surface area (Å²) in [7, 11) is -3.86. The zero-order valence-corrected chi connectivity index (χ0v) is 17.1. The van der Waals surface area contributed by atoms with Crippen molar-refractivity contribution in [2.75, 3.05) is 25.0 Å². The summed E-state index contributed by atoms with van der Waals surface area (Å²) in [4.78, 5) is 23.9. The van der Waals surface area contributed by atoms with Crippen molar-refractivity contribution in [2.24, 2.45) is 0 Å². The lowest BCUT2D eigenvalue weighted by atomic mass is 10.2. The van der Waals surface area contributed by atoms with E-state index in [1.165, 1.54) is 16.4 Å². The number of carbonyl (C=O) groups excluding carboxylic acids is 2. The standard InChI is InChI=1S/C19H17ClF2N2O5S/c20-14-5-3-12(9-17(14)30(27,28)24-7-1-2-8-24)19(26)29-11-18(25)23-13-4-6-15(21)16(22)10-13/h3-6,9-10H,1-2,7-8,11H2,(H,23,25). The Bertz CT molecular complexity index is 1090. The molecule has 0 unspecified atom stereocenters. The van der Waals surface area contributed by atoms with E-state index in [1.54, 1.807) is 0 Å². The fourth-order valence-corrected chi connectivity index (χ4v) is 4.90. The number of nitrogens with zero attached hydrogens (tertiary/aromatic N) is 1. The van der Waals surface area contributed by atoms with Crippen LogP contribution in [0.3, 0.4) is 0 Å². The van der Waals surface area contributed by atoms with E-state index in [1.807, 2.05) is 0 Å². The average molecular weight is 459 g/mol. The fourth-order valence-electron chi connectivity index (χ4n) is 2.88. The van der Waals surface area contributed by atoms with Crippen LogP contribution in [0.1, 0.15) is 23.2 Å². The monoisotopic (exact) mass is 458 g/mol. The van der Waals surface area contributed by atoms with Crippen molar-refractivity contribution >= 4 is 39.2 Å². The van der Waals surface area contributed by atoms with Gasteiger partial charge in [0, 0.05) is 24.8 Å². The largest absolute Gasteiger partial charge is 0.452 e. The summed E-state index contributed by atoms with van der Waals surface area (Å²) in [5, 5.41) is 2.22. The predicted octanol–water partition coefficient (Wildman–Crippen LogP) is 3.20. The van der Waals surface area contributed by atoms with Gasteiger partial charge >= 0.3 is 5.97 Å². The van der Waals surface area contributed by atoms with E-state index < -0.39 is 40.1 Å². The zero-order valence-electron chi connectivity index (χ0n) is 15.5. The molecule has 1 aliphatic rings. The van der Waals surface area contributed by atoms with Gasteiger partial charge in [0.05, 0.1) is 10.6 Å². The first-order chi connectivity index (χ1) is 14.2. The Kier molecular flexibility index (Phi) is 6.69. The summed E-state index contributed by atoms with van der Waals surface area (Å²) >= 11 is 6.03. The lowest BCUT2D eigenvalue weighted by Crippen LogP contribution is -2.28. The number of nitrogens with one attached hydrogen (secondary N) is 1. The lowest BCUT2D eigenvalue weighted by molar-refractivity contribution is -0.119. The topological polar surface area (TPSA) is 92.8 Å². The maximum atomic E-state index is 13.2. The molecule has 0 aliphatic carbocycles. The Labute approximate surface area is 176 Å². The number of carbonyl (C=O) groups is 2. The molecule has 1 saturated heterocycles. The minimum Gasteiger partial charge on any atom is -0.452 e. The molecule has 160 valence electrons. The number of sulfonamides is 1. The number of benzene rings is 2. The fraction of sp³-hybridized carbons (Fsp3) is 0.263. The highest BCUT2D eigenvalue weighted by Gasteiger charge is 2.30. The molecule has 7 nitrogen and oxygen atoms in total. The lowest BCUT2D eigenvalue weighted by Gasteiger charge is -2.17. The third-order valence-corrected chi connectivity index (χ3v) is 6.77. The normalized spacial score (nSPS) is 14.5. The van der Waals surface area contributed by atoms with Gasteiger partial charge in [-0.2, -0.15) is 4.31 Å². The van der Waals surface area contributed by atoms with Crippen LogP contribution in [0.5, 0.6) is 0 Å². The highest BCUT2D eigenvalue weighted by molar-refractivity contribution is 7.89. The second-order valence-corrected chi connectivity index (χ2v) is 8.82. The molecule has 0 atom stereocenters. The number of halogens is 3. The van der Waals surface area contributed by atoms with Crippen LogP contribution in [0.15, 0.2) is 41.3 Å². The van der Waals surface area contributed by atoms with Crippen molar-refractivity contribution < 1.29 is 31.5 Å². The van der Waals surface area contributed by atoms with Gasteiger partial charge in [-0.1, -0.05) is 11.6 Å². The Balaban J connectivity index is 1.66. The van der Waals surface area contributed by atoms with Crippen molar-refractivity contribution in [2.45, 2.75) is 17.7 Å². The molecule has 0 bridgehead atoms. The first-order valence-corrected chi connectivity index (χ1v) is 10.7. The maximum absolute atomic E-state index is 13.2. The van der Waals surface area contributed by atoms with Gasteiger partial charge in [0.1, 0.15) is 4.90 Å². The van der Waals surface area contributed by atoms with Gasteiger partial charge < -0.3 is 10.1 Å². The zero-order chi connectivity index (χ0) is 21.9. The van der Waals surface area contributed by atoms with Gasteiger partial charge in [-0.05, 0) is 43.2 Å². The molecule has 1 N–H and O–H groups in total. The molecular weight excluding hydrogens is 442 g/mol. The molecule has 11 heteroatoms. The van der Waals surface area contributed by atoms with Crippen LogP contribution >= 0.6 is 11.6 Å². The van der Waals surface area contributed by atoms with Crippen LogP contribution in [0, 0.1) is 11.6 Å². The van der Waals surface area contributed by atoms with Crippen LogP contribution in [-0.2, 0) is 19.6 Å². The molecule has 1 aliphatic heterocycles. The molecule has 2 aromatic rings. The number of hydrogen-bond donors (Lipinski definition) is 1. The molecule has 3 rings (SSSR count). The van der Waals surface area contributed by atoms with Crippen molar-refractivity contribution in [1.82, 2.24) is 4.31 Å². The van der Waals surface area contributed by atoms with Gasteiger partial charge in [0.15, 0.2) is 18.2 Å². The number of esters is 1. The number of rotatable bonds is 6. The second-order valence-electron chi connectivity index (χ2n) is 6.51. The third kappa shape index (κ3) is 4.94. The van der Waals surface area contributed by atoms with Crippen molar-refractivity contribution in [3.05, 3.63) is 58.6 Å². The summed E-state index contributed by atoms with van der Waals surface area (Å²) in [5.74, 6) is -3.93. The number of anilines is 1. The van der Waals surface area contributed by atoms with E-state index in [4.69, 9.17) is 16.3 Å². The van der Waals surface area contributed by atoms with E-state index in [9.17, 15) is 26.8 Å². The van der Waals surface area contributed by atoms with E-state index in [2.05, 4.69) is 5.32 Å². The minimum atomic E-state index is -3.86.